The Hall–Kier alpha value is -3.49. The van der Waals surface area contributed by atoms with E-state index in [9.17, 15) is 9.59 Å². The first-order valence-corrected chi connectivity index (χ1v) is 11.1. The van der Waals surface area contributed by atoms with Crippen molar-refractivity contribution in [2.45, 2.75) is 20.0 Å². The number of aromatic nitrogens is 4. The Morgan fingerprint density at radius 2 is 1.88 bits per heavy atom. The number of nitrogens with zero attached hydrogens (tertiary/aromatic N) is 4. The summed E-state index contributed by atoms with van der Waals surface area (Å²) in [6.45, 7) is 2.16. The van der Waals surface area contributed by atoms with Gasteiger partial charge in [0.15, 0.2) is 0 Å². The fraction of sp³-hybridized carbons (Fsp3) is 0.130. The lowest BCUT2D eigenvalue weighted by Gasteiger charge is -2.11. The van der Waals surface area contributed by atoms with Crippen LogP contribution in [0.4, 0.5) is 0 Å². The maximum Gasteiger partial charge on any atom is 0.332 e. The highest BCUT2D eigenvalue weighted by molar-refractivity contribution is 7.17. The van der Waals surface area contributed by atoms with Gasteiger partial charge in [0.1, 0.15) is 11.2 Å². The molecule has 3 aromatic heterocycles. The van der Waals surface area contributed by atoms with Crippen LogP contribution in [0.25, 0.3) is 21.6 Å². The molecule has 0 saturated heterocycles. The largest absolute Gasteiger partial charge is 0.337 e. The van der Waals surface area contributed by atoms with Gasteiger partial charge in [-0.05, 0) is 42.1 Å². The Balaban J connectivity index is 1.57. The molecule has 0 aliphatic carbocycles. The molecule has 0 atom stereocenters. The quantitative estimate of drug-likeness (QED) is 0.386. The zero-order valence-corrected chi connectivity index (χ0v) is 18.6. The molecule has 0 N–H and O–H groups in total. The van der Waals surface area contributed by atoms with Crippen molar-refractivity contribution in [3.63, 3.8) is 0 Å². The van der Waals surface area contributed by atoms with Gasteiger partial charge in [0.25, 0.3) is 5.56 Å². The molecule has 160 valence electrons. The number of fused-ring (bicyclic) bond motifs is 1. The number of benzene rings is 2. The van der Waals surface area contributed by atoms with Crippen LogP contribution in [0, 0.1) is 6.92 Å². The fourth-order valence-electron chi connectivity index (χ4n) is 3.60. The second-order valence-corrected chi connectivity index (χ2v) is 8.76. The normalized spacial score (nSPS) is 11.3. The Labute approximate surface area is 191 Å². The zero-order valence-electron chi connectivity index (χ0n) is 17.0. The molecule has 3 heterocycles. The summed E-state index contributed by atoms with van der Waals surface area (Å²) >= 11 is 7.37. The van der Waals surface area contributed by atoms with Gasteiger partial charge in [-0.2, -0.15) is 4.98 Å². The maximum atomic E-state index is 13.3. The first kappa shape index (κ1) is 20.4. The predicted molar refractivity (Wildman–Crippen MR) is 124 cm³/mol. The average molecular weight is 465 g/mol. The fourth-order valence-corrected chi connectivity index (χ4v) is 4.66. The number of hydrogen-bond acceptors (Lipinski definition) is 6. The lowest BCUT2D eigenvalue weighted by atomic mass is 10.1. The maximum absolute atomic E-state index is 13.3. The minimum atomic E-state index is -0.448. The van der Waals surface area contributed by atoms with Crippen molar-refractivity contribution < 1.29 is 4.52 Å². The summed E-state index contributed by atoms with van der Waals surface area (Å²) in [5.74, 6) is 0.731. The van der Waals surface area contributed by atoms with Crippen molar-refractivity contribution in [3.8, 4) is 11.4 Å². The van der Waals surface area contributed by atoms with E-state index in [4.69, 9.17) is 16.1 Å². The summed E-state index contributed by atoms with van der Waals surface area (Å²) in [6, 6.07) is 16.6. The summed E-state index contributed by atoms with van der Waals surface area (Å²) in [4.78, 5) is 30.8. The van der Waals surface area contributed by atoms with Gasteiger partial charge in [-0.15, -0.1) is 11.3 Å². The molecule has 7 nitrogen and oxygen atoms in total. The minimum absolute atomic E-state index is 0.0563. The summed E-state index contributed by atoms with van der Waals surface area (Å²) in [6.07, 6.45) is 0. The SMILES string of the molecule is Cc1cccc(-c2noc(Cn3c(=O)n(Cc4cccc(Cl)c4)c(=O)c4sccc43)n2)c1. The lowest BCUT2D eigenvalue weighted by Crippen LogP contribution is -2.40. The topological polar surface area (TPSA) is 82.9 Å². The standard InChI is InChI=1S/C23H17ClN4O3S/c1-14-4-2-6-16(10-14)21-25-19(31-26-21)13-27-18-8-9-32-20(18)22(29)28(23(27)30)12-15-5-3-7-17(24)11-15/h2-11H,12-13H2,1H3. The molecule has 0 amide bonds. The van der Waals surface area contributed by atoms with Crippen LogP contribution in [0.2, 0.25) is 5.02 Å². The van der Waals surface area contributed by atoms with E-state index in [1.165, 1.54) is 20.5 Å². The van der Waals surface area contributed by atoms with Gasteiger partial charge < -0.3 is 4.52 Å². The van der Waals surface area contributed by atoms with Crippen LogP contribution in [0.15, 0.2) is 74.1 Å². The molecule has 32 heavy (non-hydrogen) atoms. The molecule has 0 spiro atoms. The van der Waals surface area contributed by atoms with E-state index in [1.807, 2.05) is 37.3 Å². The molecule has 5 aromatic rings. The molecule has 2 aromatic carbocycles. The molecule has 0 fully saturated rings. The summed E-state index contributed by atoms with van der Waals surface area (Å²) in [7, 11) is 0. The van der Waals surface area contributed by atoms with Crippen molar-refractivity contribution in [1.29, 1.82) is 0 Å². The smallest absolute Gasteiger partial charge is 0.332 e. The number of rotatable bonds is 5. The summed E-state index contributed by atoms with van der Waals surface area (Å²) in [5.41, 5.74) is 2.44. The van der Waals surface area contributed by atoms with Gasteiger partial charge in [-0.1, -0.05) is 52.7 Å². The molecule has 5 rings (SSSR count). The number of halogens is 1. The number of aryl methyl sites for hydroxylation is 1. The molecular weight excluding hydrogens is 448 g/mol. The molecule has 0 aliphatic rings. The van der Waals surface area contributed by atoms with Crippen LogP contribution in [-0.2, 0) is 13.1 Å². The second-order valence-electron chi connectivity index (χ2n) is 7.41. The Morgan fingerprint density at radius 1 is 1.03 bits per heavy atom. The van der Waals surface area contributed by atoms with E-state index >= 15 is 0 Å². The van der Waals surface area contributed by atoms with E-state index in [2.05, 4.69) is 10.1 Å². The van der Waals surface area contributed by atoms with Crippen molar-refractivity contribution in [2.75, 3.05) is 0 Å². The van der Waals surface area contributed by atoms with Gasteiger partial charge in [0.2, 0.25) is 11.7 Å². The van der Waals surface area contributed by atoms with Crippen LogP contribution in [-0.4, -0.2) is 19.3 Å². The first-order valence-electron chi connectivity index (χ1n) is 9.84. The van der Waals surface area contributed by atoms with Crippen LogP contribution >= 0.6 is 22.9 Å². The van der Waals surface area contributed by atoms with E-state index in [0.717, 1.165) is 16.7 Å². The summed E-state index contributed by atoms with van der Waals surface area (Å²) in [5, 5.41) is 6.39. The van der Waals surface area contributed by atoms with Gasteiger partial charge >= 0.3 is 5.69 Å². The minimum Gasteiger partial charge on any atom is -0.337 e. The highest BCUT2D eigenvalue weighted by atomic mass is 35.5. The molecule has 0 aliphatic heterocycles. The second kappa shape index (κ2) is 8.22. The Morgan fingerprint density at radius 3 is 2.69 bits per heavy atom. The van der Waals surface area contributed by atoms with Gasteiger partial charge in [-0.3, -0.25) is 13.9 Å². The molecule has 9 heteroatoms. The highest BCUT2D eigenvalue weighted by Crippen LogP contribution is 2.20. The van der Waals surface area contributed by atoms with Crippen molar-refractivity contribution in [3.05, 3.63) is 103 Å². The van der Waals surface area contributed by atoms with E-state index in [0.29, 0.717) is 21.1 Å². The van der Waals surface area contributed by atoms with Gasteiger partial charge in [0.05, 0.1) is 12.1 Å². The highest BCUT2D eigenvalue weighted by Gasteiger charge is 2.17. The zero-order chi connectivity index (χ0) is 22.2. The number of hydrogen-bond donors (Lipinski definition) is 0. The first-order chi connectivity index (χ1) is 15.5. The van der Waals surface area contributed by atoms with Gasteiger partial charge in [0, 0.05) is 10.6 Å². The third kappa shape index (κ3) is 3.79. The van der Waals surface area contributed by atoms with Gasteiger partial charge in [-0.25, -0.2) is 4.79 Å². The Kier molecular flexibility index (Phi) is 5.24. The molecule has 0 bridgehead atoms. The van der Waals surface area contributed by atoms with E-state index in [-0.39, 0.29) is 24.5 Å². The average Bonchev–Trinajstić information content (AvgIpc) is 3.44. The molecule has 0 unspecified atom stereocenters. The molecule has 0 saturated carbocycles. The van der Waals surface area contributed by atoms with Crippen LogP contribution < -0.4 is 11.2 Å². The van der Waals surface area contributed by atoms with Crippen LogP contribution in [0.1, 0.15) is 17.0 Å². The van der Waals surface area contributed by atoms with Crippen molar-refractivity contribution >= 4 is 33.2 Å². The molecule has 0 radical (unpaired) electrons. The van der Waals surface area contributed by atoms with E-state index in [1.54, 1.807) is 29.6 Å². The lowest BCUT2D eigenvalue weighted by molar-refractivity contribution is 0.369. The summed E-state index contributed by atoms with van der Waals surface area (Å²) < 4.78 is 8.62. The predicted octanol–water partition coefficient (Wildman–Crippen LogP) is 4.33. The van der Waals surface area contributed by atoms with Crippen LogP contribution in [0.3, 0.4) is 0 Å². The molecular formula is C23H17ClN4O3S. The third-order valence-electron chi connectivity index (χ3n) is 5.10. The van der Waals surface area contributed by atoms with Crippen molar-refractivity contribution in [1.82, 2.24) is 19.3 Å². The Bertz CT molecular complexity index is 1560. The number of thiophene rings is 1. The monoisotopic (exact) mass is 464 g/mol. The van der Waals surface area contributed by atoms with Crippen molar-refractivity contribution in [2.24, 2.45) is 0 Å². The van der Waals surface area contributed by atoms with E-state index < -0.39 is 5.69 Å². The van der Waals surface area contributed by atoms with Crippen LogP contribution in [0.5, 0.6) is 0 Å². The third-order valence-corrected chi connectivity index (χ3v) is 6.23.